The maximum atomic E-state index is 10.3. The average Bonchev–Trinajstić information content (AvgIpc) is 2.24. The summed E-state index contributed by atoms with van der Waals surface area (Å²) < 4.78 is 0. The summed E-state index contributed by atoms with van der Waals surface area (Å²) in [6.45, 7) is 1.96. The minimum absolute atomic E-state index is 0.310. The molecule has 0 heterocycles. The molecular formula is C13H19NOS. The van der Waals surface area contributed by atoms with Crippen molar-refractivity contribution in [3.05, 3.63) is 24.3 Å². The second kappa shape index (κ2) is 4.68. The molecule has 0 aliphatic heterocycles. The normalized spacial score (nSPS) is 30.2. The van der Waals surface area contributed by atoms with Crippen LogP contribution in [0, 0.1) is 0 Å². The second-order valence-corrected chi connectivity index (χ2v) is 6.05. The van der Waals surface area contributed by atoms with Gasteiger partial charge >= 0.3 is 0 Å². The fourth-order valence-electron chi connectivity index (χ4n) is 2.18. The standard InChI is InChI=1S/C13H19NOS/c1-13(15)9-3-2-4-12(13)16-11-7-5-10(14)6-8-11/h5-8,12,15H,2-4,9,14H2,1H3/t12-,13-/m1/s1. The molecule has 0 spiro atoms. The third-order valence-electron chi connectivity index (χ3n) is 3.25. The molecule has 0 saturated heterocycles. The number of hydrogen-bond acceptors (Lipinski definition) is 3. The van der Waals surface area contributed by atoms with E-state index in [1.54, 1.807) is 11.8 Å². The van der Waals surface area contributed by atoms with Gasteiger partial charge in [-0.25, -0.2) is 0 Å². The molecule has 16 heavy (non-hydrogen) atoms. The van der Waals surface area contributed by atoms with Crippen molar-refractivity contribution < 1.29 is 5.11 Å². The molecule has 2 atom stereocenters. The van der Waals surface area contributed by atoms with Crippen LogP contribution in [-0.2, 0) is 0 Å². The number of benzene rings is 1. The van der Waals surface area contributed by atoms with E-state index in [0.29, 0.717) is 5.25 Å². The monoisotopic (exact) mass is 237 g/mol. The molecule has 3 heteroatoms. The van der Waals surface area contributed by atoms with Crippen LogP contribution < -0.4 is 5.73 Å². The first-order valence-corrected chi connectivity index (χ1v) is 6.70. The smallest absolute Gasteiger partial charge is 0.0741 e. The van der Waals surface area contributed by atoms with Crippen LogP contribution in [-0.4, -0.2) is 16.0 Å². The van der Waals surface area contributed by atoms with Gasteiger partial charge < -0.3 is 10.8 Å². The van der Waals surface area contributed by atoms with Crippen molar-refractivity contribution in [2.75, 3.05) is 5.73 Å². The van der Waals surface area contributed by atoms with E-state index < -0.39 is 5.60 Å². The maximum Gasteiger partial charge on any atom is 0.0741 e. The van der Waals surface area contributed by atoms with Crippen molar-refractivity contribution >= 4 is 17.4 Å². The van der Waals surface area contributed by atoms with E-state index in [9.17, 15) is 5.11 Å². The van der Waals surface area contributed by atoms with E-state index in [0.717, 1.165) is 24.9 Å². The summed E-state index contributed by atoms with van der Waals surface area (Å²) in [7, 11) is 0. The number of anilines is 1. The van der Waals surface area contributed by atoms with Crippen molar-refractivity contribution in [2.24, 2.45) is 0 Å². The van der Waals surface area contributed by atoms with Gasteiger partial charge in [-0.3, -0.25) is 0 Å². The van der Waals surface area contributed by atoms with Gasteiger partial charge in [0.05, 0.1) is 5.60 Å². The summed E-state index contributed by atoms with van der Waals surface area (Å²) in [6, 6.07) is 7.90. The van der Waals surface area contributed by atoms with Crippen LogP contribution in [0.2, 0.25) is 0 Å². The molecule has 0 aromatic heterocycles. The van der Waals surface area contributed by atoms with Crippen LogP contribution in [0.5, 0.6) is 0 Å². The lowest BCUT2D eigenvalue weighted by atomic mass is 9.86. The Morgan fingerprint density at radius 3 is 2.62 bits per heavy atom. The minimum Gasteiger partial charge on any atom is -0.399 e. The van der Waals surface area contributed by atoms with E-state index >= 15 is 0 Å². The first-order chi connectivity index (χ1) is 7.58. The Labute approximate surface area is 101 Å². The Kier molecular flexibility index (Phi) is 3.45. The number of hydrogen-bond donors (Lipinski definition) is 2. The predicted molar refractivity (Wildman–Crippen MR) is 69.6 cm³/mol. The zero-order valence-electron chi connectivity index (χ0n) is 9.65. The van der Waals surface area contributed by atoms with E-state index in [2.05, 4.69) is 0 Å². The van der Waals surface area contributed by atoms with Crippen molar-refractivity contribution in [3.63, 3.8) is 0 Å². The first kappa shape index (κ1) is 11.8. The van der Waals surface area contributed by atoms with Crippen LogP contribution in [0.25, 0.3) is 0 Å². The highest BCUT2D eigenvalue weighted by atomic mass is 32.2. The molecular weight excluding hydrogens is 218 g/mol. The third kappa shape index (κ3) is 2.71. The number of thioether (sulfide) groups is 1. The van der Waals surface area contributed by atoms with Crippen molar-refractivity contribution in [1.82, 2.24) is 0 Å². The van der Waals surface area contributed by atoms with Crippen LogP contribution in [0.1, 0.15) is 32.6 Å². The van der Waals surface area contributed by atoms with Crippen molar-refractivity contribution in [3.8, 4) is 0 Å². The Morgan fingerprint density at radius 1 is 1.31 bits per heavy atom. The number of rotatable bonds is 2. The lowest BCUT2D eigenvalue weighted by Gasteiger charge is -2.36. The van der Waals surface area contributed by atoms with E-state index in [1.807, 2.05) is 31.2 Å². The highest BCUT2D eigenvalue weighted by Crippen LogP contribution is 2.39. The van der Waals surface area contributed by atoms with Crippen LogP contribution in [0.4, 0.5) is 5.69 Å². The summed E-state index contributed by atoms with van der Waals surface area (Å²) in [5.41, 5.74) is 5.92. The fraction of sp³-hybridized carbons (Fsp3) is 0.538. The second-order valence-electron chi connectivity index (χ2n) is 4.78. The molecule has 2 rings (SSSR count). The molecule has 3 N–H and O–H groups in total. The van der Waals surface area contributed by atoms with E-state index in [-0.39, 0.29) is 0 Å². The SMILES string of the molecule is C[C@@]1(O)CCCC[C@H]1Sc1ccc(N)cc1. The summed E-state index contributed by atoms with van der Waals surface area (Å²) >= 11 is 1.77. The lowest BCUT2D eigenvalue weighted by molar-refractivity contribution is 0.0291. The Balaban J connectivity index is 2.05. The maximum absolute atomic E-state index is 10.3. The summed E-state index contributed by atoms with van der Waals surface area (Å²) in [4.78, 5) is 1.20. The molecule has 2 nitrogen and oxygen atoms in total. The number of nitrogen functional groups attached to an aromatic ring is 1. The van der Waals surface area contributed by atoms with Gasteiger partial charge in [-0.2, -0.15) is 0 Å². The topological polar surface area (TPSA) is 46.2 Å². The molecule has 1 saturated carbocycles. The molecule has 1 aromatic carbocycles. The summed E-state index contributed by atoms with van der Waals surface area (Å²) in [5.74, 6) is 0. The van der Waals surface area contributed by atoms with E-state index in [1.165, 1.54) is 11.3 Å². The average molecular weight is 237 g/mol. The molecule has 1 aliphatic rings. The van der Waals surface area contributed by atoms with Gasteiger partial charge in [-0.05, 0) is 44.0 Å². The van der Waals surface area contributed by atoms with Crippen LogP contribution >= 0.6 is 11.8 Å². The van der Waals surface area contributed by atoms with Gasteiger partial charge in [0.1, 0.15) is 0 Å². The van der Waals surface area contributed by atoms with Gasteiger partial charge in [0.25, 0.3) is 0 Å². The first-order valence-electron chi connectivity index (χ1n) is 5.82. The molecule has 0 amide bonds. The van der Waals surface area contributed by atoms with Gasteiger partial charge in [0.15, 0.2) is 0 Å². The minimum atomic E-state index is -0.524. The van der Waals surface area contributed by atoms with Gasteiger partial charge in [0, 0.05) is 15.8 Å². The number of nitrogens with two attached hydrogens (primary N) is 1. The molecule has 1 aliphatic carbocycles. The highest BCUT2D eigenvalue weighted by Gasteiger charge is 2.34. The Bertz CT molecular complexity index is 347. The lowest BCUT2D eigenvalue weighted by Crippen LogP contribution is -2.39. The highest BCUT2D eigenvalue weighted by molar-refractivity contribution is 8.00. The Hall–Kier alpha value is -0.670. The summed E-state index contributed by atoms with van der Waals surface area (Å²) in [6.07, 6.45) is 4.39. The van der Waals surface area contributed by atoms with Crippen LogP contribution in [0.3, 0.4) is 0 Å². The fourth-order valence-corrected chi connectivity index (χ4v) is 3.46. The summed E-state index contributed by atoms with van der Waals surface area (Å²) in [5, 5.41) is 10.6. The molecule has 0 unspecified atom stereocenters. The van der Waals surface area contributed by atoms with Gasteiger partial charge in [-0.1, -0.05) is 12.8 Å². The van der Waals surface area contributed by atoms with Gasteiger partial charge in [-0.15, -0.1) is 11.8 Å². The quantitative estimate of drug-likeness (QED) is 0.777. The van der Waals surface area contributed by atoms with Gasteiger partial charge in [0.2, 0.25) is 0 Å². The molecule has 88 valence electrons. The van der Waals surface area contributed by atoms with E-state index in [4.69, 9.17) is 5.73 Å². The number of aliphatic hydroxyl groups is 1. The van der Waals surface area contributed by atoms with Crippen molar-refractivity contribution in [1.29, 1.82) is 0 Å². The molecule has 1 aromatic rings. The molecule has 0 bridgehead atoms. The zero-order chi connectivity index (χ0) is 11.6. The Morgan fingerprint density at radius 2 is 2.00 bits per heavy atom. The van der Waals surface area contributed by atoms with Crippen LogP contribution in [0.15, 0.2) is 29.2 Å². The zero-order valence-corrected chi connectivity index (χ0v) is 10.5. The molecule has 1 fully saturated rings. The predicted octanol–water partition coefficient (Wildman–Crippen LogP) is 3.05. The third-order valence-corrected chi connectivity index (χ3v) is 4.82. The molecule has 0 radical (unpaired) electrons. The van der Waals surface area contributed by atoms with Crippen molar-refractivity contribution in [2.45, 2.75) is 48.4 Å². The largest absolute Gasteiger partial charge is 0.399 e.